The molecular formula is C18H19N3O5S. The van der Waals surface area contributed by atoms with Crippen LogP contribution in [-0.4, -0.2) is 38.5 Å². The normalized spacial score (nSPS) is 16.1. The van der Waals surface area contributed by atoms with E-state index < -0.39 is 17.7 Å². The number of nitrogens with zero attached hydrogens (tertiary/aromatic N) is 1. The van der Waals surface area contributed by atoms with Crippen molar-refractivity contribution in [3.8, 4) is 11.5 Å². The maximum absolute atomic E-state index is 12.4. The summed E-state index contributed by atoms with van der Waals surface area (Å²) in [7, 11) is 3.05. The van der Waals surface area contributed by atoms with Crippen LogP contribution in [0.15, 0.2) is 35.7 Å². The van der Waals surface area contributed by atoms with E-state index in [1.165, 1.54) is 23.3 Å². The molecule has 142 valence electrons. The molecule has 0 saturated carbocycles. The minimum atomic E-state index is -0.576. The molecule has 1 saturated heterocycles. The number of carbonyl (C=O) groups is 3. The van der Waals surface area contributed by atoms with Crippen molar-refractivity contribution in [3.05, 3.63) is 40.6 Å². The van der Waals surface area contributed by atoms with E-state index in [0.717, 1.165) is 0 Å². The largest absolute Gasteiger partial charge is 0.497 e. The van der Waals surface area contributed by atoms with Gasteiger partial charge in [-0.3, -0.25) is 25.2 Å². The average molecular weight is 389 g/mol. The summed E-state index contributed by atoms with van der Waals surface area (Å²) in [6, 6.07) is 8.52. The molecule has 2 N–H and O–H groups in total. The first kappa shape index (κ1) is 18.7. The molecule has 9 heteroatoms. The summed E-state index contributed by atoms with van der Waals surface area (Å²) in [6.45, 7) is 0.197. The van der Waals surface area contributed by atoms with Gasteiger partial charge in [-0.1, -0.05) is 6.07 Å². The second kappa shape index (κ2) is 8.09. The minimum absolute atomic E-state index is 0.0515. The zero-order valence-corrected chi connectivity index (χ0v) is 15.7. The van der Waals surface area contributed by atoms with Crippen LogP contribution < -0.4 is 25.2 Å². The van der Waals surface area contributed by atoms with Gasteiger partial charge in [0.15, 0.2) is 0 Å². The van der Waals surface area contributed by atoms with Gasteiger partial charge in [0, 0.05) is 19.0 Å². The van der Waals surface area contributed by atoms with Crippen molar-refractivity contribution in [1.82, 2.24) is 10.9 Å². The maximum atomic E-state index is 12.4. The Kier molecular flexibility index (Phi) is 5.60. The van der Waals surface area contributed by atoms with Crippen molar-refractivity contribution in [1.29, 1.82) is 0 Å². The first-order valence-electron chi connectivity index (χ1n) is 8.19. The van der Waals surface area contributed by atoms with Gasteiger partial charge in [0.25, 0.3) is 5.91 Å². The molecule has 3 amide bonds. The predicted octanol–water partition coefficient (Wildman–Crippen LogP) is 1.58. The number of thiophene rings is 1. The molecule has 8 nitrogen and oxygen atoms in total. The van der Waals surface area contributed by atoms with E-state index in [1.807, 2.05) is 0 Å². The van der Waals surface area contributed by atoms with E-state index in [1.54, 1.807) is 42.8 Å². The van der Waals surface area contributed by atoms with Gasteiger partial charge in [-0.05, 0) is 23.6 Å². The second-order valence-corrected chi connectivity index (χ2v) is 6.81. The summed E-state index contributed by atoms with van der Waals surface area (Å²) in [6.07, 6.45) is 0.0515. The van der Waals surface area contributed by atoms with E-state index in [-0.39, 0.29) is 18.9 Å². The van der Waals surface area contributed by atoms with Gasteiger partial charge in [-0.15, -0.1) is 11.3 Å². The van der Waals surface area contributed by atoms with Crippen LogP contribution in [0.4, 0.5) is 5.69 Å². The fourth-order valence-electron chi connectivity index (χ4n) is 2.81. The molecule has 2 heterocycles. The number of anilines is 1. The van der Waals surface area contributed by atoms with Crippen LogP contribution in [0, 0.1) is 5.92 Å². The highest BCUT2D eigenvalue weighted by Crippen LogP contribution is 2.35. The molecule has 0 spiro atoms. The molecular weight excluding hydrogens is 370 g/mol. The Labute approximate surface area is 160 Å². The quantitative estimate of drug-likeness (QED) is 0.757. The van der Waals surface area contributed by atoms with Gasteiger partial charge in [0.2, 0.25) is 11.8 Å². The van der Waals surface area contributed by atoms with E-state index in [9.17, 15) is 14.4 Å². The second-order valence-electron chi connectivity index (χ2n) is 5.86. The van der Waals surface area contributed by atoms with Gasteiger partial charge in [-0.2, -0.15) is 0 Å². The van der Waals surface area contributed by atoms with Crippen LogP contribution in [0.1, 0.15) is 16.1 Å². The van der Waals surface area contributed by atoms with Gasteiger partial charge < -0.3 is 14.4 Å². The standard InChI is InChI=1S/C18H19N3O5S/c1-25-12-5-6-13(14(9-12)26-2)21-10-11(8-16(21)22)17(23)19-20-18(24)15-4-3-7-27-15/h3-7,9,11H,8,10H2,1-2H3,(H,19,23)(H,20,24)/t11-/m1/s1. The summed E-state index contributed by atoms with van der Waals surface area (Å²) >= 11 is 1.27. The molecule has 0 unspecified atom stereocenters. The van der Waals surface area contributed by atoms with Crippen molar-refractivity contribution in [2.45, 2.75) is 6.42 Å². The molecule has 1 atom stereocenters. The fraction of sp³-hybridized carbons (Fsp3) is 0.278. The van der Waals surface area contributed by atoms with Crippen LogP contribution in [0.25, 0.3) is 0 Å². The number of methoxy groups -OCH3 is 2. The Balaban J connectivity index is 1.65. The molecule has 1 aromatic heterocycles. The van der Waals surface area contributed by atoms with E-state index >= 15 is 0 Å². The smallest absolute Gasteiger partial charge is 0.279 e. The Bertz CT molecular complexity index is 853. The SMILES string of the molecule is COc1ccc(N2C[C@H](C(=O)NNC(=O)c3cccs3)CC2=O)c(OC)c1. The van der Waals surface area contributed by atoms with Crippen molar-refractivity contribution < 1.29 is 23.9 Å². The lowest BCUT2D eigenvalue weighted by Crippen LogP contribution is -2.45. The van der Waals surface area contributed by atoms with Gasteiger partial charge in [0.05, 0.1) is 30.7 Å². The number of carbonyl (C=O) groups excluding carboxylic acids is 3. The summed E-state index contributed by atoms with van der Waals surface area (Å²) < 4.78 is 10.5. The number of nitrogens with one attached hydrogen (secondary N) is 2. The van der Waals surface area contributed by atoms with Crippen LogP contribution >= 0.6 is 11.3 Å². The highest BCUT2D eigenvalue weighted by Gasteiger charge is 2.36. The highest BCUT2D eigenvalue weighted by atomic mass is 32.1. The molecule has 27 heavy (non-hydrogen) atoms. The lowest BCUT2D eigenvalue weighted by atomic mass is 10.1. The number of ether oxygens (including phenoxy) is 2. The third-order valence-corrected chi connectivity index (χ3v) is 5.09. The Morgan fingerprint density at radius 1 is 1.19 bits per heavy atom. The Morgan fingerprint density at radius 3 is 2.67 bits per heavy atom. The number of hydrazine groups is 1. The molecule has 3 rings (SSSR count). The molecule has 1 fully saturated rings. The number of benzene rings is 1. The molecule has 0 aliphatic carbocycles. The summed E-state index contributed by atoms with van der Waals surface area (Å²) in [5, 5.41) is 1.77. The van der Waals surface area contributed by atoms with Crippen LogP contribution in [-0.2, 0) is 9.59 Å². The first-order valence-corrected chi connectivity index (χ1v) is 9.07. The van der Waals surface area contributed by atoms with Crippen LogP contribution in [0.3, 0.4) is 0 Å². The van der Waals surface area contributed by atoms with Crippen molar-refractivity contribution in [2.24, 2.45) is 5.92 Å². The summed E-state index contributed by atoms with van der Waals surface area (Å²) in [5.74, 6) is -0.488. The van der Waals surface area contributed by atoms with Gasteiger partial charge in [0.1, 0.15) is 11.5 Å². The number of amides is 3. The number of rotatable bonds is 5. The zero-order chi connectivity index (χ0) is 19.4. The van der Waals surface area contributed by atoms with E-state index in [2.05, 4.69) is 10.9 Å². The number of hydrogen-bond donors (Lipinski definition) is 2. The molecule has 0 bridgehead atoms. The van der Waals surface area contributed by atoms with Crippen molar-refractivity contribution >= 4 is 34.7 Å². The third-order valence-electron chi connectivity index (χ3n) is 4.22. The Morgan fingerprint density at radius 2 is 2.00 bits per heavy atom. The molecule has 1 aliphatic heterocycles. The van der Waals surface area contributed by atoms with Gasteiger partial charge in [-0.25, -0.2) is 0 Å². The molecule has 1 aliphatic rings. The molecule has 1 aromatic carbocycles. The maximum Gasteiger partial charge on any atom is 0.279 e. The van der Waals surface area contributed by atoms with Gasteiger partial charge >= 0.3 is 0 Å². The zero-order valence-electron chi connectivity index (χ0n) is 14.9. The summed E-state index contributed by atoms with van der Waals surface area (Å²) in [4.78, 5) is 38.6. The first-order chi connectivity index (χ1) is 13.0. The monoisotopic (exact) mass is 389 g/mol. The molecule has 0 radical (unpaired) electrons. The van der Waals surface area contributed by atoms with E-state index in [0.29, 0.717) is 22.1 Å². The van der Waals surface area contributed by atoms with Crippen LogP contribution in [0.5, 0.6) is 11.5 Å². The van der Waals surface area contributed by atoms with E-state index in [4.69, 9.17) is 9.47 Å². The van der Waals surface area contributed by atoms with Crippen molar-refractivity contribution in [3.63, 3.8) is 0 Å². The Hall–Kier alpha value is -3.07. The highest BCUT2D eigenvalue weighted by molar-refractivity contribution is 7.12. The van der Waals surface area contributed by atoms with Crippen molar-refractivity contribution in [2.75, 3.05) is 25.7 Å². The number of hydrogen-bond acceptors (Lipinski definition) is 6. The third kappa shape index (κ3) is 4.03. The average Bonchev–Trinajstić information content (AvgIpc) is 3.35. The van der Waals surface area contributed by atoms with Crippen LogP contribution in [0.2, 0.25) is 0 Å². The molecule has 2 aromatic rings. The fourth-order valence-corrected chi connectivity index (χ4v) is 3.43. The minimum Gasteiger partial charge on any atom is -0.497 e. The predicted molar refractivity (Wildman–Crippen MR) is 99.9 cm³/mol. The lowest BCUT2D eigenvalue weighted by molar-refractivity contribution is -0.126. The topological polar surface area (TPSA) is 97.0 Å². The lowest BCUT2D eigenvalue weighted by Gasteiger charge is -2.20. The summed E-state index contributed by atoms with van der Waals surface area (Å²) in [5.41, 5.74) is 5.33.